The van der Waals surface area contributed by atoms with Gasteiger partial charge >= 0.3 is 0 Å². The van der Waals surface area contributed by atoms with E-state index >= 15 is 0 Å². The number of rotatable bonds is 0. The molecule has 0 unspecified atom stereocenters. The summed E-state index contributed by atoms with van der Waals surface area (Å²) in [6.45, 7) is 3.59. The normalized spacial score (nSPS) is 25.4. The van der Waals surface area contributed by atoms with E-state index in [1.165, 1.54) is 5.56 Å². The predicted octanol–water partition coefficient (Wildman–Crippen LogP) is 1.77. The minimum absolute atomic E-state index is 0. The van der Waals surface area contributed by atoms with E-state index < -0.39 is 5.41 Å². The van der Waals surface area contributed by atoms with E-state index in [0.717, 1.165) is 17.8 Å². The minimum Gasteiger partial charge on any atom is -0.325 e. The van der Waals surface area contributed by atoms with Crippen molar-refractivity contribution in [1.82, 2.24) is 5.32 Å². The van der Waals surface area contributed by atoms with Crippen LogP contribution in [0.4, 0.5) is 5.69 Å². The van der Waals surface area contributed by atoms with Crippen LogP contribution in [0.25, 0.3) is 0 Å². The summed E-state index contributed by atoms with van der Waals surface area (Å²) in [5, 5.41) is 6.24. The molecule has 0 saturated heterocycles. The molecule has 2 aliphatic rings. The summed E-state index contributed by atoms with van der Waals surface area (Å²) in [5.74, 6) is 0.0836. The van der Waals surface area contributed by atoms with Crippen LogP contribution in [0, 0.1) is 6.92 Å². The molecule has 90 valence electrons. The van der Waals surface area contributed by atoms with Crippen LogP contribution < -0.4 is 10.6 Å². The fraction of sp³-hybridized carbons (Fsp3) is 0.308. The molecule has 1 aromatic carbocycles. The Morgan fingerprint density at radius 2 is 2.18 bits per heavy atom. The summed E-state index contributed by atoms with van der Waals surface area (Å²) in [6, 6.07) is 6.01. The Bertz CT molecular complexity index is 498. The quantitative estimate of drug-likeness (QED) is 0.689. The Morgan fingerprint density at radius 3 is 2.88 bits per heavy atom. The smallest absolute Gasteiger partial charge is 0.240 e. The summed E-state index contributed by atoms with van der Waals surface area (Å²) in [6.07, 6.45) is 4.07. The first-order valence-corrected chi connectivity index (χ1v) is 5.54. The fourth-order valence-corrected chi connectivity index (χ4v) is 2.71. The summed E-state index contributed by atoms with van der Waals surface area (Å²) < 4.78 is 0. The Labute approximate surface area is 107 Å². The summed E-state index contributed by atoms with van der Waals surface area (Å²) in [4.78, 5) is 12.2. The van der Waals surface area contributed by atoms with E-state index in [1.54, 1.807) is 0 Å². The molecule has 2 heterocycles. The number of aryl methyl sites for hydroxylation is 1. The van der Waals surface area contributed by atoms with E-state index in [9.17, 15) is 4.79 Å². The van der Waals surface area contributed by atoms with E-state index in [-0.39, 0.29) is 18.3 Å². The first-order chi connectivity index (χ1) is 7.74. The van der Waals surface area contributed by atoms with Crippen molar-refractivity contribution in [3.63, 3.8) is 0 Å². The number of amides is 1. The number of hydrogen-bond donors (Lipinski definition) is 2. The van der Waals surface area contributed by atoms with E-state index in [0.29, 0.717) is 6.54 Å². The highest BCUT2D eigenvalue weighted by atomic mass is 35.5. The number of anilines is 1. The van der Waals surface area contributed by atoms with Gasteiger partial charge in [0.05, 0.1) is 0 Å². The molecular weight excluding hydrogens is 236 g/mol. The average Bonchev–Trinajstić information content (AvgIpc) is 2.55. The number of nitrogens with one attached hydrogen (secondary N) is 2. The van der Waals surface area contributed by atoms with Crippen LogP contribution >= 0.6 is 12.4 Å². The second-order valence-corrected chi connectivity index (χ2v) is 4.46. The maximum absolute atomic E-state index is 12.2. The minimum atomic E-state index is -0.487. The van der Waals surface area contributed by atoms with Crippen LogP contribution in [0.5, 0.6) is 0 Å². The van der Waals surface area contributed by atoms with Gasteiger partial charge in [-0.05, 0) is 24.1 Å². The van der Waals surface area contributed by atoms with Gasteiger partial charge < -0.3 is 10.6 Å². The van der Waals surface area contributed by atoms with Crippen LogP contribution in [-0.4, -0.2) is 19.0 Å². The van der Waals surface area contributed by atoms with Crippen molar-refractivity contribution in [3.05, 3.63) is 41.5 Å². The molecule has 0 aliphatic carbocycles. The number of carbonyl (C=O) groups is 1. The van der Waals surface area contributed by atoms with Crippen molar-refractivity contribution in [1.29, 1.82) is 0 Å². The highest BCUT2D eigenvalue weighted by Gasteiger charge is 2.46. The fourth-order valence-electron chi connectivity index (χ4n) is 2.71. The molecule has 17 heavy (non-hydrogen) atoms. The zero-order valence-electron chi connectivity index (χ0n) is 9.62. The Hall–Kier alpha value is -1.32. The number of carbonyl (C=O) groups excluding carboxylic acids is 1. The second-order valence-electron chi connectivity index (χ2n) is 4.46. The largest absolute Gasteiger partial charge is 0.325 e. The lowest BCUT2D eigenvalue weighted by atomic mass is 9.78. The summed E-state index contributed by atoms with van der Waals surface area (Å²) >= 11 is 0. The molecule has 2 N–H and O–H groups in total. The second kappa shape index (κ2) is 4.17. The van der Waals surface area contributed by atoms with Gasteiger partial charge in [-0.1, -0.05) is 24.3 Å². The molecule has 2 aliphatic heterocycles. The van der Waals surface area contributed by atoms with Crippen molar-refractivity contribution in [3.8, 4) is 0 Å². The highest BCUT2D eigenvalue weighted by molar-refractivity contribution is 6.08. The lowest BCUT2D eigenvalue weighted by molar-refractivity contribution is -0.119. The molecule has 3 nitrogen and oxygen atoms in total. The third-order valence-electron chi connectivity index (χ3n) is 3.44. The molecule has 0 fully saturated rings. The Kier molecular flexibility index (Phi) is 2.98. The summed E-state index contributed by atoms with van der Waals surface area (Å²) in [7, 11) is 0. The number of fused-ring (bicyclic) bond motifs is 2. The van der Waals surface area contributed by atoms with Gasteiger partial charge in [-0.25, -0.2) is 0 Å². The molecule has 1 amide bonds. The van der Waals surface area contributed by atoms with Crippen LogP contribution in [0.1, 0.15) is 11.1 Å². The molecule has 0 radical (unpaired) electrons. The molecule has 0 aromatic heterocycles. The van der Waals surface area contributed by atoms with Gasteiger partial charge in [-0.3, -0.25) is 4.79 Å². The molecule has 3 rings (SSSR count). The molecule has 4 heteroatoms. The highest BCUT2D eigenvalue weighted by Crippen LogP contribution is 2.41. The molecule has 0 bridgehead atoms. The van der Waals surface area contributed by atoms with Gasteiger partial charge in [0, 0.05) is 18.8 Å². The topological polar surface area (TPSA) is 41.1 Å². The Morgan fingerprint density at radius 1 is 1.35 bits per heavy atom. The summed E-state index contributed by atoms with van der Waals surface area (Å²) in [5.41, 5.74) is 2.77. The van der Waals surface area contributed by atoms with Crippen LogP contribution in [0.2, 0.25) is 0 Å². The standard InChI is InChI=1S/C13H14N2O.ClH/c1-9-4-2-5-10-11(9)13(12(16)15-10)6-3-7-14-8-13;/h2-6,14H,7-8H2,1H3,(H,15,16);1H/t13-;/m0./s1. The predicted molar refractivity (Wildman–Crippen MR) is 70.7 cm³/mol. The van der Waals surface area contributed by atoms with Crippen molar-refractivity contribution < 1.29 is 4.79 Å². The van der Waals surface area contributed by atoms with Crippen LogP contribution in [0.3, 0.4) is 0 Å². The maximum atomic E-state index is 12.2. The number of benzene rings is 1. The molecule has 0 saturated carbocycles. The zero-order chi connectivity index (χ0) is 11.2. The van der Waals surface area contributed by atoms with Crippen LogP contribution in [-0.2, 0) is 10.2 Å². The van der Waals surface area contributed by atoms with E-state index in [1.807, 2.05) is 24.3 Å². The van der Waals surface area contributed by atoms with Gasteiger partial charge in [0.2, 0.25) is 5.91 Å². The molecule has 1 spiro atoms. The molecular formula is C13H15ClN2O. The van der Waals surface area contributed by atoms with Crippen molar-refractivity contribution in [2.24, 2.45) is 0 Å². The lowest BCUT2D eigenvalue weighted by Crippen LogP contribution is -2.45. The van der Waals surface area contributed by atoms with Gasteiger partial charge in [-0.15, -0.1) is 12.4 Å². The van der Waals surface area contributed by atoms with E-state index in [4.69, 9.17) is 0 Å². The first-order valence-electron chi connectivity index (χ1n) is 5.54. The number of halogens is 1. The molecule has 1 atom stereocenters. The first kappa shape index (κ1) is 12.1. The van der Waals surface area contributed by atoms with Gasteiger partial charge in [0.25, 0.3) is 0 Å². The third kappa shape index (κ3) is 1.58. The molecule has 1 aromatic rings. The lowest BCUT2D eigenvalue weighted by Gasteiger charge is -2.28. The van der Waals surface area contributed by atoms with Crippen molar-refractivity contribution in [2.75, 3.05) is 18.4 Å². The van der Waals surface area contributed by atoms with Gasteiger partial charge in [0.15, 0.2) is 0 Å². The van der Waals surface area contributed by atoms with Gasteiger partial charge in [-0.2, -0.15) is 0 Å². The van der Waals surface area contributed by atoms with Gasteiger partial charge in [0.1, 0.15) is 5.41 Å². The third-order valence-corrected chi connectivity index (χ3v) is 3.44. The zero-order valence-corrected chi connectivity index (χ0v) is 10.4. The van der Waals surface area contributed by atoms with Crippen molar-refractivity contribution >= 4 is 24.0 Å². The Balaban J connectivity index is 0.00000108. The van der Waals surface area contributed by atoms with E-state index in [2.05, 4.69) is 23.6 Å². The monoisotopic (exact) mass is 250 g/mol. The SMILES string of the molecule is Cc1cccc2c1[C@@]1(C=CCNC1)C(=O)N2.Cl. The van der Waals surface area contributed by atoms with Crippen molar-refractivity contribution in [2.45, 2.75) is 12.3 Å². The maximum Gasteiger partial charge on any atom is 0.240 e. The van der Waals surface area contributed by atoms with Crippen LogP contribution in [0.15, 0.2) is 30.4 Å². The number of hydrogen-bond acceptors (Lipinski definition) is 2. The average molecular weight is 251 g/mol.